The molecule has 0 saturated heterocycles. The molecule has 0 atom stereocenters. The van der Waals surface area contributed by atoms with Gasteiger partial charge in [-0.2, -0.15) is 0 Å². The van der Waals surface area contributed by atoms with E-state index in [1.54, 1.807) is 0 Å². The Hall–Kier alpha value is -0.960. The van der Waals surface area contributed by atoms with E-state index in [1.165, 1.54) is 5.56 Å². The van der Waals surface area contributed by atoms with Crippen LogP contribution in [0.4, 0.5) is 0 Å². The third-order valence-electron chi connectivity index (χ3n) is 2.17. The molecule has 0 fully saturated rings. The molecule has 74 valence electrons. The molecular formula is C11H11BrO2. The van der Waals surface area contributed by atoms with E-state index in [9.17, 15) is 0 Å². The molecule has 0 bridgehead atoms. The van der Waals surface area contributed by atoms with Crippen LogP contribution < -0.4 is 9.47 Å². The molecule has 0 spiro atoms. The topological polar surface area (TPSA) is 18.5 Å². The van der Waals surface area contributed by atoms with E-state index >= 15 is 0 Å². The lowest BCUT2D eigenvalue weighted by atomic mass is 10.1. The first-order valence-corrected chi connectivity index (χ1v) is 5.40. The Kier molecular flexibility index (Phi) is 2.77. The Balaban J connectivity index is 2.45. The van der Waals surface area contributed by atoms with Crippen LogP contribution in [-0.4, -0.2) is 13.2 Å². The van der Waals surface area contributed by atoms with E-state index in [4.69, 9.17) is 9.47 Å². The van der Waals surface area contributed by atoms with Crippen molar-refractivity contribution in [2.75, 3.05) is 13.2 Å². The Labute approximate surface area is 91.7 Å². The monoisotopic (exact) mass is 254 g/mol. The molecule has 0 N–H and O–H groups in total. The second-order valence-corrected chi connectivity index (χ2v) is 3.67. The van der Waals surface area contributed by atoms with Gasteiger partial charge < -0.3 is 9.47 Å². The van der Waals surface area contributed by atoms with Crippen LogP contribution in [0.15, 0.2) is 17.1 Å². The highest BCUT2D eigenvalue weighted by molar-refractivity contribution is 9.11. The summed E-state index contributed by atoms with van der Waals surface area (Å²) in [5, 5.41) is 0. The van der Waals surface area contributed by atoms with E-state index < -0.39 is 0 Å². The summed E-state index contributed by atoms with van der Waals surface area (Å²) in [6.45, 7) is 3.33. The highest BCUT2D eigenvalue weighted by Gasteiger charge is 2.12. The molecule has 1 aromatic carbocycles. The highest BCUT2D eigenvalue weighted by atomic mass is 79.9. The van der Waals surface area contributed by atoms with Crippen molar-refractivity contribution < 1.29 is 9.47 Å². The second-order valence-electron chi connectivity index (χ2n) is 3.15. The Morgan fingerprint density at radius 3 is 2.50 bits per heavy atom. The van der Waals surface area contributed by atoms with E-state index in [2.05, 4.69) is 22.9 Å². The van der Waals surface area contributed by atoms with Gasteiger partial charge in [0.05, 0.1) is 0 Å². The quantitative estimate of drug-likeness (QED) is 0.767. The van der Waals surface area contributed by atoms with Crippen LogP contribution in [0.2, 0.25) is 0 Å². The first-order valence-electron chi connectivity index (χ1n) is 4.48. The third kappa shape index (κ3) is 1.77. The van der Waals surface area contributed by atoms with Crippen LogP contribution in [0, 0.1) is 6.92 Å². The minimum absolute atomic E-state index is 0.632. The van der Waals surface area contributed by atoms with Crippen LogP contribution in [0.25, 0.3) is 6.08 Å². The van der Waals surface area contributed by atoms with E-state index in [1.807, 2.05) is 23.2 Å². The van der Waals surface area contributed by atoms with Gasteiger partial charge >= 0.3 is 0 Å². The second kappa shape index (κ2) is 4.05. The van der Waals surface area contributed by atoms with Gasteiger partial charge in [-0.25, -0.2) is 0 Å². The number of benzene rings is 1. The Morgan fingerprint density at radius 2 is 1.86 bits per heavy atom. The minimum atomic E-state index is 0.632. The lowest BCUT2D eigenvalue weighted by molar-refractivity contribution is 0.171. The van der Waals surface area contributed by atoms with Gasteiger partial charge in [0, 0.05) is 0 Å². The summed E-state index contributed by atoms with van der Waals surface area (Å²) in [4.78, 5) is 1.84. The first-order chi connectivity index (χ1) is 6.81. The molecule has 0 saturated carbocycles. The lowest BCUT2D eigenvalue weighted by Crippen LogP contribution is -2.15. The molecule has 0 aliphatic carbocycles. The number of fused-ring (bicyclic) bond motifs is 1. The maximum atomic E-state index is 5.49. The standard InChI is InChI=1S/C11H11BrO2/c1-8-6-10-11(14-5-4-13-10)7-9(8)2-3-12/h2-3,6-7H,4-5H2,1H3/b3-2+. The third-order valence-corrected chi connectivity index (χ3v) is 2.44. The number of hydrogen-bond acceptors (Lipinski definition) is 2. The first kappa shape index (κ1) is 9.59. The minimum Gasteiger partial charge on any atom is -0.486 e. The largest absolute Gasteiger partial charge is 0.486 e. The SMILES string of the molecule is Cc1cc2c(cc1/C=C/Br)OCCO2. The summed E-state index contributed by atoms with van der Waals surface area (Å²) in [6, 6.07) is 4.01. The molecule has 2 nitrogen and oxygen atoms in total. The van der Waals surface area contributed by atoms with Gasteiger partial charge in [0.2, 0.25) is 0 Å². The molecule has 1 heterocycles. The molecule has 1 aliphatic rings. The average Bonchev–Trinajstić information content (AvgIpc) is 2.19. The molecule has 0 aromatic heterocycles. The summed E-state index contributed by atoms with van der Waals surface area (Å²) < 4.78 is 11.0. The van der Waals surface area contributed by atoms with E-state index in [0.717, 1.165) is 17.1 Å². The molecule has 3 heteroatoms. The fourth-order valence-electron chi connectivity index (χ4n) is 1.45. The number of hydrogen-bond donors (Lipinski definition) is 0. The summed E-state index contributed by atoms with van der Waals surface area (Å²) >= 11 is 3.26. The fourth-order valence-corrected chi connectivity index (χ4v) is 1.74. The maximum absolute atomic E-state index is 5.49. The van der Waals surface area contributed by atoms with Gasteiger partial charge in [-0.1, -0.05) is 15.9 Å². The summed E-state index contributed by atoms with van der Waals surface area (Å²) in [7, 11) is 0. The molecule has 0 amide bonds. The summed E-state index contributed by atoms with van der Waals surface area (Å²) in [5.41, 5.74) is 2.33. The zero-order valence-electron chi connectivity index (χ0n) is 7.92. The predicted molar refractivity (Wildman–Crippen MR) is 60.1 cm³/mol. The molecule has 0 radical (unpaired) electrons. The zero-order chi connectivity index (χ0) is 9.97. The molecule has 1 aliphatic heterocycles. The molecule has 1 aromatic rings. The fraction of sp³-hybridized carbons (Fsp3) is 0.273. The average molecular weight is 255 g/mol. The predicted octanol–water partition coefficient (Wildman–Crippen LogP) is 3.13. The smallest absolute Gasteiger partial charge is 0.161 e. The van der Waals surface area contributed by atoms with Crippen LogP contribution in [0.3, 0.4) is 0 Å². The van der Waals surface area contributed by atoms with Crippen molar-refractivity contribution in [3.8, 4) is 11.5 Å². The highest BCUT2D eigenvalue weighted by Crippen LogP contribution is 2.33. The molecule has 14 heavy (non-hydrogen) atoms. The van der Waals surface area contributed by atoms with Gasteiger partial charge in [0.15, 0.2) is 11.5 Å². The Morgan fingerprint density at radius 1 is 1.21 bits per heavy atom. The molecular weight excluding hydrogens is 244 g/mol. The van der Waals surface area contributed by atoms with Gasteiger partial charge in [-0.05, 0) is 41.2 Å². The van der Waals surface area contributed by atoms with Gasteiger partial charge in [0.1, 0.15) is 13.2 Å². The van der Waals surface area contributed by atoms with Crippen molar-refractivity contribution in [2.45, 2.75) is 6.92 Å². The summed E-state index contributed by atoms with van der Waals surface area (Å²) in [6.07, 6.45) is 1.99. The normalized spacial score (nSPS) is 14.7. The maximum Gasteiger partial charge on any atom is 0.161 e. The van der Waals surface area contributed by atoms with Crippen molar-refractivity contribution in [1.82, 2.24) is 0 Å². The van der Waals surface area contributed by atoms with Crippen molar-refractivity contribution in [3.05, 3.63) is 28.2 Å². The van der Waals surface area contributed by atoms with Crippen molar-refractivity contribution in [3.63, 3.8) is 0 Å². The van der Waals surface area contributed by atoms with Gasteiger partial charge in [-0.15, -0.1) is 0 Å². The van der Waals surface area contributed by atoms with Crippen molar-refractivity contribution >= 4 is 22.0 Å². The van der Waals surface area contributed by atoms with Crippen molar-refractivity contribution in [1.29, 1.82) is 0 Å². The molecule has 2 rings (SSSR count). The zero-order valence-corrected chi connectivity index (χ0v) is 9.50. The number of halogens is 1. The lowest BCUT2D eigenvalue weighted by Gasteiger charge is -2.19. The molecule has 0 unspecified atom stereocenters. The summed E-state index contributed by atoms with van der Waals surface area (Å²) in [5.74, 6) is 1.68. The van der Waals surface area contributed by atoms with E-state index in [-0.39, 0.29) is 0 Å². The van der Waals surface area contributed by atoms with Crippen LogP contribution in [0.1, 0.15) is 11.1 Å². The van der Waals surface area contributed by atoms with Crippen LogP contribution in [-0.2, 0) is 0 Å². The van der Waals surface area contributed by atoms with Crippen LogP contribution >= 0.6 is 15.9 Å². The van der Waals surface area contributed by atoms with Gasteiger partial charge in [-0.3, -0.25) is 0 Å². The van der Waals surface area contributed by atoms with Crippen LogP contribution in [0.5, 0.6) is 11.5 Å². The van der Waals surface area contributed by atoms with Crippen molar-refractivity contribution in [2.24, 2.45) is 0 Å². The number of aryl methyl sites for hydroxylation is 1. The number of rotatable bonds is 1. The van der Waals surface area contributed by atoms with Gasteiger partial charge in [0.25, 0.3) is 0 Å². The van der Waals surface area contributed by atoms with E-state index in [0.29, 0.717) is 13.2 Å². The Bertz CT molecular complexity index is 372. The number of ether oxygens (including phenoxy) is 2.